The van der Waals surface area contributed by atoms with Crippen LogP contribution in [0.2, 0.25) is 0 Å². The molecule has 0 amide bonds. The molecule has 1 aromatic carbocycles. The van der Waals surface area contributed by atoms with E-state index in [9.17, 15) is 26.7 Å². The molecule has 0 bridgehead atoms. The van der Waals surface area contributed by atoms with E-state index in [1.807, 2.05) is 0 Å². The molecule has 0 aliphatic heterocycles. The Morgan fingerprint density at radius 3 is 1.83 bits per heavy atom. The summed E-state index contributed by atoms with van der Waals surface area (Å²) in [6.45, 7) is 0. The third-order valence-corrected chi connectivity index (χ3v) is 4.08. The lowest BCUT2D eigenvalue weighted by Crippen LogP contribution is -2.36. The molecule has 0 saturated heterocycles. The van der Waals surface area contributed by atoms with Crippen LogP contribution in [-0.4, -0.2) is 24.8 Å². The fourth-order valence-corrected chi connectivity index (χ4v) is 3.04. The highest BCUT2D eigenvalue weighted by Gasteiger charge is 2.39. The Labute approximate surface area is 137 Å². The molecule has 2 unspecified atom stereocenters. The summed E-state index contributed by atoms with van der Waals surface area (Å²) >= 11 is 0. The van der Waals surface area contributed by atoms with Crippen molar-refractivity contribution in [1.82, 2.24) is 4.90 Å². The summed E-state index contributed by atoms with van der Waals surface area (Å²) in [4.78, 5) is 13.4. The van der Waals surface area contributed by atoms with Crippen molar-refractivity contribution in [2.75, 3.05) is 14.1 Å². The van der Waals surface area contributed by atoms with Gasteiger partial charge in [0.1, 0.15) is 5.78 Å². The van der Waals surface area contributed by atoms with Gasteiger partial charge in [0.25, 0.3) is 0 Å². The average Bonchev–Trinajstić information content (AvgIpc) is 2.48. The van der Waals surface area contributed by atoms with E-state index in [2.05, 4.69) is 0 Å². The third kappa shape index (κ3) is 3.50. The van der Waals surface area contributed by atoms with E-state index >= 15 is 0 Å². The van der Waals surface area contributed by atoms with Gasteiger partial charge in [-0.15, -0.1) is 12.4 Å². The summed E-state index contributed by atoms with van der Waals surface area (Å²) in [5.74, 6) is -10.9. The molecule has 130 valence electrons. The average molecular weight is 358 g/mol. The SMILES string of the molecule is CN(C)C(c1c(F)c(F)c(F)c(F)c1F)C1CCCCC1=O.Cl. The van der Waals surface area contributed by atoms with E-state index in [-0.39, 0.29) is 24.6 Å². The Kier molecular flexibility index (Phi) is 6.53. The van der Waals surface area contributed by atoms with Crippen molar-refractivity contribution in [3.05, 3.63) is 34.6 Å². The van der Waals surface area contributed by atoms with Crippen molar-refractivity contribution in [3.63, 3.8) is 0 Å². The molecule has 0 heterocycles. The Bertz CT molecular complexity index is 579. The van der Waals surface area contributed by atoms with Gasteiger partial charge < -0.3 is 4.90 Å². The van der Waals surface area contributed by atoms with Crippen molar-refractivity contribution in [1.29, 1.82) is 0 Å². The maximum absolute atomic E-state index is 14.0. The number of Topliss-reactive ketones (excluding diaryl/α,β-unsaturated/α-hetero) is 1. The van der Waals surface area contributed by atoms with Gasteiger partial charge in [-0.1, -0.05) is 6.42 Å². The minimum absolute atomic E-state index is 0. The number of ketones is 1. The maximum atomic E-state index is 14.0. The number of halogens is 6. The van der Waals surface area contributed by atoms with Crippen molar-refractivity contribution in [2.24, 2.45) is 5.92 Å². The Balaban J connectivity index is 0.00000264. The fourth-order valence-electron chi connectivity index (χ4n) is 3.04. The molecule has 0 radical (unpaired) electrons. The minimum Gasteiger partial charge on any atom is -0.301 e. The van der Waals surface area contributed by atoms with E-state index in [1.54, 1.807) is 0 Å². The van der Waals surface area contributed by atoms with E-state index in [1.165, 1.54) is 19.0 Å². The number of nitrogens with zero attached hydrogens (tertiary/aromatic N) is 1. The van der Waals surface area contributed by atoms with Crippen LogP contribution in [0.15, 0.2) is 0 Å². The van der Waals surface area contributed by atoms with Crippen molar-refractivity contribution in [2.45, 2.75) is 31.7 Å². The molecule has 0 N–H and O–H groups in total. The van der Waals surface area contributed by atoms with Crippen LogP contribution in [0.1, 0.15) is 37.3 Å². The molecular weight excluding hydrogens is 341 g/mol. The standard InChI is InChI=1S/C15H16F5NO.ClH/c1-21(2)15(7-5-3-4-6-8(7)22)9-10(16)12(18)14(20)13(19)11(9)17;/h7,15H,3-6H2,1-2H3;1H. The van der Waals surface area contributed by atoms with Crippen molar-refractivity contribution < 1.29 is 26.7 Å². The topological polar surface area (TPSA) is 20.3 Å². The molecule has 2 atom stereocenters. The van der Waals surface area contributed by atoms with Gasteiger partial charge in [0.15, 0.2) is 23.3 Å². The van der Waals surface area contributed by atoms with Crippen LogP contribution >= 0.6 is 12.4 Å². The van der Waals surface area contributed by atoms with Crippen LogP contribution in [0, 0.1) is 35.0 Å². The van der Waals surface area contributed by atoms with E-state index < -0.39 is 46.6 Å². The molecule has 1 fully saturated rings. The highest BCUT2D eigenvalue weighted by molar-refractivity contribution is 5.85. The monoisotopic (exact) mass is 357 g/mol. The summed E-state index contributed by atoms with van der Waals surface area (Å²) in [5, 5.41) is 0. The zero-order valence-corrected chi connectivity index (χ0v) is 13.5. The molecule has 0 aromatic heterocycles. The summed E-state index contributed by atoms with van der Waals surface area (Å²) in [6.07, 6.45) is 1.97. The van der Waals surface area contributed by atoms with Crippen molar-refractivity contribution in [3.8, 4) is 0 Å². The maximum Gasteiger partial charge on any atom is 0.200 e. The molecular formula is C15H17ClF5NO. The van der Waals surface area contributed by atoms with Crippen LogP contribution in [-0.2, 0) is 4.79 Å². The lowest BCUT2D eigenvalue weighted by atomic mass is 9.79. The normalized spacial score (nSPS) is 19.7. The summed E-state index contributed by atoms with van der Waals surface area (Å²) < 4.78 is 68.1. The van der Waals surface area contributed by atoms with Gasteiger partial charge in [-0.3, -0.25) is 4.79 Å². The molecule has 8 heteroatoms. The largest absolute Gasteiger partial charge is 0.301 e. The van der Waals surface area contributed by atoms with Gasteiger partial charge in [-0.25, -0.2) is 22.0 Å². The first kappa shape index (κ1) is 19.8. The van der Waals surface area contributed by atoms with Crippen LogP contribution < -0.4 is 0 Å². The van der Waals surface area contributed by atoms with Crippen LogP contribution in [0.25, 0.3) is 0 Å². The van der Waals surface area contributed by atoms with Gasteiger partial charge in [0, 0.05) is 23.9 Å². The quantitative estimate of drug-likeness (QED) is 0.460. The number of carbonyl (C=O) groups is 1. The molecule has 1 aliphatic rings. The Morgan fingerprint density at radius 1 is 0.913 bits per heavy atom. The van der Waals surface area contributed by atoms with Gasteiger partial charge in [0.2, 0.25) is 5.82 Å². The predicted octanol–water partition coefficient (Wildman–Crippen LogP) is 4.17. The number of rotatable bonds is 3. The molecule has 1 aliphatic carbocycles. The number of benzene rings is 1. The summed E-state index contributed by atoms with van der Waals surface area (Å²) in [5.41, 5.74) is -0.929. The first-order valence-electron chi connectivity index (χ1n) is 6.97. The summed E-state index contributed by atoms with van der Waals surface area (Å²) in [6, 6.07) is -1.18. The number of hydrogen-bond acceptors (Lipinski definition) is 2. The number of hydrogen-bond donors (Lipinski definition) is 0. The molecule has 2 nitrogen and oxygen atoms in total. The minimum atomic E-state index is -2.19. The highest BCUT2D eigenvalue weighted by Crippen LogP contribution is 2.39. The van der Waals surface area contributed by atoms with Gasteiger partial charge in [-0.05, 0) is 26.9 Å². The lowest BCUT2D eigenvalue weighted by Gasteiger charge is -2.34. The zero-order chi connectivity index (χ0) is 16.6. The third-order valence-electron chi connectivity index (χ3n) is 4.08. The fraction of sp³-hybridized carbons (Fsp3) is 0.533. The van der Waals surface area contributed by atoms with Gasteiger partial charge in [-0.2, -0.15) is 0 Å². The highest BCUT2D eigenvalue weighted by atomic mass is 35.5. The van der Waals surface area contributed by atoms with Crippen LogP contribution in [0.4, 0.5) is 22.0 Å². The van der Waals surface area contributed by atoms with Crippen molar-refractivity contribution >= 4 is 18.2 Å². The van der Waals surface area contributed by atoms with E-state index in [0.29, 0.717) is 19.3 Å². The first-order chi connectivity index (χ1) is 10.3. The first-order valence-corrected chi connectivity index (χ1v) is 6.97. The predicted molar refractivity (Wildman–Crippen MR) is 76.9 cm³/mol. The Morgan fingerprint density at radius 2 is 1.39 bits per heavy atom. The molecule has 2 rings (SSSR count). The second-order valence-corrected chi connectivity index (χ2v) is 5.71. The molecule has 23 heavy (non-hydrogen) atoms. The Hall–Kier alpha value is -1.21. The van der Waals surface area contributed by atoms with E-state index in [4.69, 9.17) is 0 Å². The molecule has 1 saturated carbocycles. The summed E-state index contributed by atoms with van der Waals surface area (Å²) in [7, 11) is 2.90. The molecule has 0 spiro atoms. The van der Waals surface area contributed by atoms with Crippen LogP contribution in [0.5, 0.6) is 0 Å². The second-order valence-electron chi connectivity index (χ2n) is 5.71. The lowest BCUT2D eigenvalue weighted by molar-refractivity contribution is -0.126. The second kappa shape index (κ2) is 7.57. The van der Waals surface area contributed by atoms with Gasteiger partial charge >= 0.3 is 0 Å². The van der Waals surface area contributed by atoms with Crippen LogP contribution in [0.3, 0.4) is 0 Å². The smallest absolute Gasteiger partial charge is 0.200 e. The zero-order valence-electron chi connectivity index (χ0n) is 12.6. The molecule has 1 aromatic rings. The number of carbonyl (C=O) groups excluding carboxylic acids is 1. The van der Waals surface area contributed by atoms with Gasteiger partial charge in [0.05, 0.1) is 0 Å². The van der Waals surface area contributed by atoms with E-state index in [0.717, 1.165) is 0 Å².